The van der Waals surface area contributed by atoms with Crippen LogP contribution in [0, 0.1) is 26.7 Å². The molecule has 0 saturated heterocycles. The van der Waals surface area contributed by atoms with E-state index in [0.29, 0.717) is 12.8 Å². The molecule has 1 heterocycles. The van der Waals surface area contributed by atoms with E-state index in [9.17, 15) is 14.7 Å². The second-order valence-electron chi connectivity index (χ2n) is 6.42. The molecule has 1 aliphatic rings. The second kappa shape index (κ2) is 5.72. The van der Waals surface area contributed by atoms with E-state index in [1.165, 1.54) is 0 Å². The largest absolute Gasteiger partial charge is 0.481 e. The fourth-order valence-electron chi connectivity index (χ4n) is 3.55. The lowest BCUT2D eigenvalue weighted by Crippen LogP contribution is -2.40. The van der Waals surface area contributed by atoms with Crippen LogP contribution in [0.3, 0.4) is 0 Å². The zero-order valence-electron chi connectivity index (χ0n) is 13.6. The Morgan fingerprint density at radius 2 is 1.87 bits per heavy atom. The molecule has 23 heavy (non-hydrogen) atoms. The standard InChI is InChI=1S/C18H21NO4/c1-9-7-8-10(2)15-14(9)11(3)16(23-15)17(20)19-13-6-4-5-12(13)18(21)22/h7-8,12-13H,4-6H2,1-3H3,(H,19,20)(H,21,22)/t12-,13+/m0/s1. The highest BCUT2D eigenvalue weighted by molar-refractivity contribution is 6.00. The zero-order chi connectivity index (χ0) is 16.7. The Morgan fingerprint density at radius 1 is 1.17 bits per heavy atom. The summed E-state index contributed by atoms with van der Waals surface area (Å²) in [4.78, 5) is 23.8. The monoisotopic (exact) mass is 315 g/mol. The third kappa shape index (κ3) is 2.60. The van der Waals surface area contributed by atoms with Gasteiger partial charge in [0.15, 0.2) is 5.76 Å². The van der Waals surface area contributed by atoms with Crippen molar-refractivity contribution in [2.24, 2.45) is 5.92 Å². The van der Waals surface area contributed by atoms with Crippen molar-refractivity contribution in [1.29, 1.82) is 0 Å². The lowest BCUT2D eigenvalue weighted by molar-refractivity contribution is -0.142. The molecule has 1 saturated carbocycles. The van der Waals surface area contributed by atoms with Gasteiger partial charge in [0.2, 0.25) is 0 Å². The average molecular weight is 315 g/mol. The van der Waals surface area contributed by atoms with E-state index >= 15 is 0 Å². The fourth-order valence-corrected chi connectivity index (χ4v) is 3.55. The van der Waals surface area contributed by atoms with Gasteiger partial charge in [-0.1, -0.05) is 18.6 Å². The van der Waals surface area contributed by atoms with Crippen molar-refractivity contribution >= 4 is 22.8 Å². The number of hydrogen-bond donors (Lipinski definition) is 2. The van der Waals surface area contributed by atoms with Crippen molar-refractivity contribution in [3.8, 4) is 0 Å². The van der Waals surface area contributed by atoms with E-state index in [1.54, 1.807) is 0 Å². The molecule has 5 nitrogen and oxygen atoms in total. The molecule has 2 aromatic rings. The van der Waals surface area contributed by atoms with Crippen LogP contribution in [-0.4, -0.2) is 23.0 Å². The number of benzene rings is 1. The predicted octanol–water partition coefficient (Wildman–Crippen LogP) is 3.34. The first kappa shape index (κ1) is 15.6. The molecule has 0 aliphatic heterocycles. The van der Waals surface area contributed by atoms with Gasteiger partial charge in [0.25, 0.3) is 5.91 Å². The number of aryl methyl sites for hydroxylation is 3. The molecule has 2 N–H and O–H groups in total. The predicted molar refractivity (Wildman–Crippen MR) is 86.7 cm³/mol. The van der Waals surface area contributed by atoms with Gasteiger partial charge in [0.05, 0.1) is 5.92 Å². The first-order valence-electron chi connectivity index (χ1n) is 7.93. The molecule has 0 spiro atoms. The molecule has 1 aromatic heterocycles. The zero-order valence-corrected chi connectivity index (χ0v) is 13.6. The number of carbonyl (C=O) groups is 2. The number of hydrogen-bond acceptors (Lipinski definition) is 3. The number of aliphatic carboxylic acids is 1. The van der Waals surface area contributed by atoms with Crippen molar-refractivity contribution in [2.75, 3.05) is 0 Å². The minimum Gasteiger partial charge on any atom is -0.481 e. The van der Waals surface area contributed by atoms with Gasteiger partial charge in [0, 0.05) is 17.0 Å². The summed E-state index contributed by atoms with van der Waals surface area (Å²) in [6.45, 7) is 5.81. The Kier molecular flexibility index (Phi) is 3.88. The van der Waals surface area contributed by atoms with Crippen LogP contribution in [0.4, 0.5) is 0 Å². The molecule has 2 atom stereocenters. The van der Waals surface area contributed by atoms with E-state index in [1.807, 2.05) is 32.9 Å². The number of carboxylic acid groups (broad SMARTS) is 1. The Hall–Kier alpha value is -2.30. The molecule has 0 unspecified atom stereocenters. The third-order valence-corrected chi connectivity index (χ3v) is 4.84. The first-order chi connectivity index (χ1) is 10.9. The molecule has 1 aliphatic carbocycles. The second-order valence-corrected chi connectivity index (χ2v) is 6.42. The normalized spacial score (nSPS) is 20.8. The summed E-state index contributed by atoms with van der Waals surface area (Å²) < 4.78 is 5.82. The smallest absolute Gasteiger partial charge is 0.308 e. The van der Waals surface area contributed by atoms with Gasteiger partial charge in [0.1, 0.15) is 5.58 Å². The molecule has 0 bridgehead atoms. The fraction of sp³-hybridized carbons (Fsp3) is 0.444. The lowest BCUT2D eigenvalue weighted by atomic mass is 10.0. The molecule has 3 rings (SSSR count). The van der Waals surface area contributed by atoms with Crippen LogP contribution in [-0.2, 0) is 4.79 Å². The summed E-state index contributed by atoms with van der Waals surface area (Å²) in [5.74, 6) is -1.39. The molecule has 5 heteroatoms. The van der Waals surface area contributed by atoms with Gasteiger partial charge in [-0.05, 0) is 44.7 Å². The Labute approximate surface area is 134 Å². The van der Waals surface area contributed by atoms with Crippen molar-refractivity contribution < 1.29 is 19.1 Å². The van der Waals surface area contributed by atoms with Gasteiger partial charge in [-0.25, -0.2) is 0 Å². The van der Waals surface area contributed by atoms with Crippen LogP contribution < -0.4 is 5.32 Å². The summed E-state index contributed by atoms with van der Waals surface area (Å²) in [5.41, 5.74) is 3.59. The van der Waals surface area contributed by atoms with Gasteiger partial charge in [-0.3, -0.25) is 9.59 Å². The Balaban J connectivity index is 1.93. The minimum absolute atomic E-state index is 0.286. The molecular weight excluding hydrogens is 294 g/mol. The van der Waals surface area contributed by atoms with Crippen molar-refractivity contribution in [3.05, 3.63) is 34.6 Å². The lowest BCUT2D eigenvalue weighted by Gasteiger charge is -2.16. The van der Waals surface area contributed by atoms with Crippen LogP contribution in [0.1, 0.15) is 46.5 Å². The van der Waals surface area contributed by atoms with Crippen LogP contribution in [0.2, 0.25) is 0 Å². The number of furan rings is 1. The Morgan fingerprint density at radius 3 is 2.52 bits per heavy atom. The minimum atomic E-state index is -0.846. The quantitative estimate of drug-likeness (QED) is 0.910. The summed E-state index contributed by atoms with van der Waals surface area (Å²) in [6.07, 6.45) is 2.12. The van der Waals surface area contributed by atoms with Crippen molar-refractivity contribution in [3.63, 3.8) is 0 Å². The van der Waals surface area contributed by atoms with Crippen molar-refractivity contribution in [1.82, 2.24) is 5.32 Å². The third-order valence-electron chi connectivity index (χ3n) is 4.84. The van der Waals surface area contributed by atoms with Crippen LogP contribution in [0.15, 0.2) is 16.5 Å². The van der Waals surface area contributed by atoms with E-state index in [2.05, 4.69) is 5.32 Å². The van der Waals surface area contributed by atoms with E-state index in [-0.39, 0.29) is 17.7 Å². The number of amides is 1. The van der Waals surface area contributed by atoms with Crippen LogP contribution >= 0.6 is 0 Å². The number of carboxylic acids is 1. The van der Waals surface area contributed by atoms with Gasteiger partial charge in [-0.15, -0.1) is 0 Å². The van der Waals surface area contributed by atoms with Gasteiger partial charge < -0.3 is 14.8 Å². The van der Waals surface area contributed by atoms with Crippen LogP contribution in [0.25, 0.3) is 11.0 Å². The maximum atomic E-state index is 12.6. The number of fused-ring (bicyclic) bond motifs is 1. The number of rotatable bonds is 3. The molecule has 1 aromatic carbocycles. The summed E-state index contributed by atoms with van der Waals surface area (Å²) in [7, 11) is 0. The summed E-state index contributed by atoms with van der Waals surface area (Å²) >= 11 is 0. The van der Waals surface area contributed by atoms with Crippen molar-refractivity contribution in [2.45, 2.75) is 46.1 Å². The molecule has 1 amide bonds. The Bertz CT molecular complexity index is 790. The molecule has 122 valence electrons. The van der Waals surface area contributed by atoms with Gasteiger partial charge >= 0.3 is 5.97 Å². The highest BCUT2D eigenvalue weighted by Crippen LogP contribution is 2.31. The average Bonchev–Trinajstić information content (AvgIpc) is 3.08. The van der Waals surface area contributed by atoms with Crippen LogP contribution in [0.5, 0.6) is 0 Å². The maximum absolute atomic E-state index is 12.6. The number of carbonyl (C=O) groups excluding carboxylic acids is 1. The van der Waals surface area contributed by atoms with E-state index in [4.69, 9.17) is 4.42 Å². The first-order valence-corrected chi connectivity index (χ1v) is 7.93. The highest BCUT2D eigenvalue weighted by Gasteiger charge is 2.35. The maximum Gasteiger partial charge on any atom is 0.308 e. The number of nitrogens with one attached hydrogen (secondary N) is 1. The summed E-state index contributed by atoms with van der Waals surface area (Å²) in [5, 5.41) is 13.1. The topological polar surface area (TPSA) is 79.5 Å². The summed E-state index contributed by atoms with van der Waals surface area (Å²) in [6, 6.07) is 3.66. The molecule has 0 radical (unpaired) electrons. The molecular formula is C18H21NO4. The van der Waals surface area contributed by atoms with E-state index < -0.39 is 11.9 Å². The highest BCUT2D eigenvalue weighted by atomic mass is 16.4. The SMILES string of the molecule is Cc1ccc(C)c2c(C)c(C(=O)N[C@@H]3CCC[C@@H]3C(=O)O)oc12. The van der Waals surface area contributed by atoms with Gasteiger partial charge in [-0.2, -0.15) is 0 Å². The van der Waals surface area contributed by atoms with E-state index in [0.717, 1.165) is 34.1 Å². The molecule has 1 fully saturated rings.